The Labute approximate surface area is 176 Å². The van der Waals surface area contributed by atoms with Gasteiger partial charge in [0.05, 0.1) is 13.3 Å². The van der Waals surface area contributed by atoms with Gasteiger partial charge in [0.25, 0.3) is 5.91 Å². The lowest BCUT2D eigenvalue weighted by Gasteiger charge is -2.27. The third-order valence-corrected chi connectivity index (χ3v) is 6.58. The molecule has 154 valence electrons. The van der Waals surface area contributed by atoms with Gasteiger partial charge in [-0.1, -0.05) is 24.3 Å². The predicted octanol–water partition coefficient (Wildman–Crippen LogP) is 3.46. The fraction of sp³-hybridized carbons (Fsp3) is 0.333. The van der Waals surface area contributed by atoms with Crippen LogP contribution in [0.25, 0.3) is 11.1 Å². The summed E-state index contributed by atoms with van der Waals surface area (Å²) in [6, 6.07) is 16.5. The summed E-state index contributed by atoms with van der Waals surface area (Å²) >= 11 is 0. The molecule has 1 amide bonds. The number of methoxy groups -OCH3 is 1. The number of nitrogens with one attached hydrogen (secondary N) is 1. The van der Waals surface area contributed by atoms with Crippen molar-refractivity contribution in [3.05, 3.63) is 72.1 Å². The van der Waals surface area contributed by atoms with E-state index in [2.05, 4.69) is 34.3 Å². The first-order chi connectivity index (χ1) is 14.6. The zero-order valence-corrected chi connectivity index (χ0v) is 17.3. The van der Waals surface area contributed by atoms with Crippen molar-refractivity contribution in [1.29, 1.82) is 0 Å². The summed E-state index contributed by atoms with van der Waals surface area (Å²) in [5.41, 5.74) is 4.03. The van der Waals surface area contributed by atoms with Gasteiger partial charge in [-0.2, -0.15) is 5.10 Å². The number of nitrogens with zero attached hydrogens (tertiary/aromatic N) is 3. The number of aromatic amines is 1. The van der Waals surface area contributed by atoms with Crippen molar-refractivity contribution < 1.29 is 9.53 Å². The summed E-state index contributed by atoms with van der Waals surface area (Å²) in [6.45, 7) is 2.62. The van der Waals surface area contributed by atoms with Gasteiger partial charge >= 0.3 is 0 Å². The van der Waals surface area contributed by atoms with Crippen LogP contribution in [-0.2, 0) is 0 Å². The normalized spacial score (nSPS) is 23.5. The van der Waals surface area contributed by atoms with Crippen LogP contribution >= 0.6 is 0 Å². The quantitative estimate of drug-likeness (QED) is 0.726. The molecule has 3 aromatic rings. The smallest absolute Gasteiger partial charge is 0.253 e. The Morgan fingerprint density at radius 3 is 2.67 bits per heavy atom. The van der Waals surface area contributed by atoms with E-state index in [1.165, 1.54) is 5.56 Å². The Balaban J connectivity index is 1.35. The van der Waals surface area contributed by atoms with Crippen molar-refractivity contribution in [1.82, 2.24) is 20.0 Å². The van der Waals surface area contributed by atoms with Crippen LogP contribution in [0.3, 0.4) is 0 Å². The Bertz CT molecular complexity index is 1030. The van der Waals surface area contributed by atoms with Crippen molar-refractivity contribution in [3.63, 3.8) is 0 Å². The highest BCUT2D eigenvalue weighted by atomic mass is 16.5. The summed E-state index contributed by atoms with van der Waals surface area (Å²) in [6.07, 6.45) is 3.62. The number of likely N-dealkylation sites (tertiary alicyclic amines) is 2. The maximum absolute atomic E-state index is 13.3. The van der Waals surface area contributed by atoms with Gasteiger partial charge in [0, 0.05) is 48.9 Å². The first-order valence-corrected chi connectivity index (χ1v) is 10.4. The first kappa shape index (κ1) is 18.9. The lowest BCUT2D eigenvalue weighted by molar-refractivity contribution is 0.0768. The van der Waals surface area contributed by atoms with Crippen LogP contribution in [0.5, 0.6) is 5.75 Å². The second-order valence-corrected chi connectivity index (χ2v) is 8.36. The zero-order chi connectivity index (χ0) is 20.7. The molecule has 0 radical (unpaired) electrons. The van der Waals surface area contributed by atoms with Crippen LogP contribution in [0.2, 0.25) is 0 Å². The molecule has 2 aliphatic heterocycles. The SMILES string of the molecule is COc1ccc([C@H]2[C@@H]3CN(C(=O)c4cccc(-c5cn[nH]c5)c4)C[C@@H]3CN2C)cc1. The molecule has 2 fully saturated rings. The number of rotatable bonds is 4. The van der Waals surface area contributed by atoms with Crippen LogP contribution in [0.15, 0.2) is 60.9 Å². The van der Waals surface area contributed by atoms with Gasteiger partial charge in [-0.05, 0) is 48.4 Å². The van der Waals surface area contributed by atoms with Gasteiger partial charge in [0.15, 0.2) is 0 Å². The van der Waals surface area contributed by atoms with E-state index in [1.54, 1.807) is 13.3 Å². The van der Waals surface area contributed by atoms with Crippen LogP contribution in [0.4, 0.5) is 0 Å². The van der Waals surface area contributed by atoms with E-state index in [0.717, 1.165) is 42.1 Å². The minimum absolute atomic E-state index is 0.117. The molecule has 1 N–H and O–H groups in total. The number of carbonyl (C=O) groups is 1. The fourth-order valence-corrected chi connectivity index (χ4v) is 5.15. The molecular formula is C24H26N4O2. The zero-order valence-electron chi connectivity index (χ0n) is 17.3. The molecule has 0 aliphatic carbocycles. The van der Waals surface area contributed by atoms with E-state index in [-0.39, 0.29) is 5.91 Å². The molecule has 0 bridgehead atoms. The Kier molecular flexibility index (Phi) is 4.79. The number of hydrogen-bond donors (Lipinski definition) is 1. The topological polar surface area (TPSA) is 61.5 Å². The number of amides is 1. The predicted molar refractivity (Wildman–Crippen MR) is 115 cm³/mol. The van der Waals surface area contributed by atoms with Gasteiger partial charge in [-0.3, -0.25) is 14.8 Å². The molecule has 3 heterocycles. The number of aromatic nitrogens is 2. The van der Waals surface area contributed by atoms with E-state index in [1.807, 2.05) is 47.5 Å². The summed E-state index contributed by atoms with van der Waals surface area (Å²) in [7, 11) is 3.88. The second-order valence-electron chi connectivity index (χ2n) is 8.36. The molecule has 6 nitrogen and oxygen atoms in total. The summed E-state index contributed by atoms with van der Waals surface area (Å²) in [5.74, 6) is 1.94. The van der Waals surface area contributed by atoms with Crippen molar-refractivity contribution in [2.75, 3.05) is 33.8 Å². The van der Waals surface area contributed by atoms with E-state index in [9.17, 15) is 4.79 Å². The minimum Gasteiger partial charge on any atom is -0.497 e. The second kappa shape index (κ2) is 7.61. The van der Waals surface area contributed by atoms with Crippen molar-refractivity contribution in [2.45, 2.75) is 6.04 Å². The Morgan fingerprint density at radius 2 is 1.93 bits per heavy atom. The molecule has 2 saturated heterocycles. The molecule has 0 unspecified atom stereocenters. The van der Waals surface area contributed by atoms with Crippen molar-refractivity contribution in [2.24, 2.45) is 11.8 Å². The number of carbonyl (C=O) groups excluding carboxylic acids is 1. The van der Waals surface area contributed by atoms with Gasteiger partial charge in [0.2, 0.25) is 0 Å². The lowest BCUT2D eigenvalue weighted by atomic mass is 9.89. The molecule has 5 rings (SSSR count). The highest BCUT2D eigenvalue weighted by molar-refractivity contribution is 5.95. The van der Waals surface area contributed by atoms with Gasteiger partial charge in [0.1, 0.15) is 5.75 Å². The van der Waals surface area contributed by atoms with E-state index in [4.69, 9.17) is 4.74 Å². The minimum atomic E-state index is 0.117. The third-order valence-electron chi connectivity index (χ3n) is 6.58. The van der Waals surface area contributed by atoms with Crippen LogP contribution < -0.4 is 4.74 Å². The maximum Gasteiger partial charge on any atom is 0.253 e. The number of fused-ring (bicyclic) bond motifs is 1. The first-order valence-electron chi connectivity index (χ1n) is 10.4. The summed E-state index contributed by atoms with van der Waals surface area (Å²) < 4.78 is 5.31. The monoisotopic (exact) mass is 402 g/mol. The van der Waals surface area contributed by atoms with E-state index < -0.39 is 0 Å². The maximum atomic E-state index is 13.3. The molecule has 2 aromatic carbocycles. The van der Waals surface area contributed by atoms with E-state index in [0.29, 0.717) is 17.9 Å². The highest BCUT2D eigenvalue weighted by Gasteiger charge is 2.47. The van der Waals surface area contributed by atoms with Gasteiger partial charge in [-0.15, -0.1) is 0 Å². The molecule has 0 saturated carbocycles. The standard InChI is InChI=1S/C24H26N4O2/c1-27-13-20-14-28(15-22(20)23(27)16-6-8-21(30-2)9-7-16)24(29)18-5-3-4-17(10-18)19-11-25-26-12-19/h3-12,20,22-23H,13-15H2,1-2H3,(H,25,26)/t20-,22+,23-/m0/s1. The Hall–Kier alpha value is -3.12. The number of benzene rings is 2. The number of ether oxygens (including phenoxy) is 1. The van der Waals surface area contributed by atoms with Crippen LogP contribution in [0.1, 0.15) is 22.0 Å². The summed E-state index contributed by atoms with van der Waals surface area (Å²) in [5, 5.41) is 6.84. The largest absolute Gasteiger partial charge is 0.497 e. The number of hydrogen-bond acceptors (Lipinski definition) is 4. The van der Waals surface area contributed by atoms with Crippen LogP contribution in [-0.4, -0.2) is 59.7 Å². The van der Waals surface area contributed by atoms with Crippen molar-refractivity contribution >= 4 is 5.91 Å². The average Bonchev–Trinajstić information content (AvgIpc) is 3.50. The number of H-pyrrole nitrogens is 1. The average molecular weight is 402 g/mol. The molecule has 30 heavy (non-hydrogen) atoms. The third kappa shape index (κ3) is 3.27. The van der Waals surface area contributed by atoms with Gasteiger partial charge < -0.3 is 9.64 Å². The molecule has 6 heteroatoms. The molecule has 1 aromatic heterocycles. The van der Waals surface area contributed by atoms with Gasteiger partial charge in [-0.25, -0.2) is 0 Å². The van der Waals surface area contributed by atoms with E-state index >= 15 is 0 Å². The molecule has 3 atom stereocenters. The summed E-state index contributed by atoms with van der Waals surface area (Å²) in [4.78, 5) is 17.7. The molecule has 0 spiro atoms. The fourth-order valence-electron chi connectivity index (χ4n) is 5.15. The van der Waals surface area contributed by atoms with Crippen LogP contribution in [0, 0.1) is 11.8 Å². The molecular weight excluding hydrogens is 376 g/mol. The Morgan fingerprint density at radius 1 is 1.10 bits per heavy atom. The van der Waals surface area contributed by atoms with Crippen molar-refractivity contribution in [3.8, 4) is 16.9 Å². The lowest BCUT2D eigenvalue weighted by Crippen LogP contribution is -2.33. The highest BCUT2D eigenvalue weighted by Crippen LogP contribution is 2.44. The molecule has 2 aliphatic rings.